The van der Waals surface area contributed by atoms with Crippen molar-refractivity contribution in [3.63, 3.8) is 0 Å². The number of carbonyl (C=O) groups is 1. The number of carboxylic acids is 1. The molecule has 2 fully saturated rings. The van der Waals surface area contributed by atoms with E-state index in [0.717, 1.165) is 56.0 Å². The Morgan fingerprint density at radius 1 is 0.897 bits per heavy atom. The van der Waals surface area contributed by atoms with Crippen molar-refractivity contribution in [1.29, 1.82) is 0 Å². The summed E-state index contributed by atoms with van der Waals surface area (Å²) in [6.07, 6.45) is 18.8. The van der Waals surface area contributed by atoms with E-state index in [1.54, 1.807) is 0 Å². The van der Waals surface area contributed by atoms with E-state index in [4.69, 9.17) is 25.0 Å². The first-order valence-electron chi connectivity index (χ1n) is 14.5. The molecule has 1 atom stereocenters. The van der Waals surface area contributed by atoms with Crippen LogP contribution in [-0.2, 0) is 30.4 Å². The Morgan fingerprint density at radius 3 is 1.67 bits per heavy atom. The van der Waals surface area contributed by atoms with Crippen LogP contribution in [0.2, 0.25) is 0 Å². The maximum absolute atomic E-state index is 11.4. The zero-order chi connectivity index (χ0) is 29.7. The first-order chi connectivity index (χ1) is 17.7. The molecule has 238 valence electrons. The van der Waals surface area contributed by atoms with Gasteiger partial charge in [0.1, 0.15) is 5.60 Å². The number of aliphatic hydroxyl groups is 1. The third kappa shape index (κ3) is 25.5. The largest absolute Gasteiger partial charge is 2.00 e. The normalized spacial score (nSPS) is 17.7. The average molecular weight is 763 g/mol. The zero-order valence-electron chi connectivity index (χ0n) is 24.9. The van der Waals surface area contributed by atoms with Gasteiger partial charge in [-0.05, 0) is 77.2 Å². The molecular formula is C27H58N3O7PPt. The van der Waals surface area contributed by atoms with Crippen LogP contribution in [0.1, 0.15) is 116 Å². The summed E-state index contributed by atoms with van der Waals surface area (Å²) in [5, 5.41) is 22.0. The molecule has 2 rings (SSSR count). The van der Waals surface area contributed by atoms with Crippen LogP contribution >= 0.6 is 7.82 Å². The Morgan fingerprint density at radius 2 is 1.31 bits per heavy atom. The molecule has 2 aliphatic carbocycles. The van der Waals surface area contributed by atoms with Crippen molar-refractivity contribution in [2.75, 3.05) is 34.2 Å². The van der Waals surface area contributed by atoms with E-state index in [9.17, 15) is 15.0 Å². The number of rotatable bonds is 13. The number of nitrogens with zero attached hydrogens (tertiary/aromatic N) is 1. The van der Waals surface area contributed by atoms with Crippen molar-refractivity contribution in [2.24, 2.45) is 17.4 Å². The smallest absolute Gasteiger partial charge is 0.790 e. The molecule has 0 heterocycles. The molecule has 10 nitrogen and oxygen atoms in total. The van der Waals surface area contributed by atoms with E-state index in [-0.39, 0.29) is 27.0 Å². The van der Waals surface area contributed by atoms with Gasteiger partial charge in [0.25, 0.3) is 0 Å². The number of quaternary nitrogens is 1. The van der Waals surface area contributed by atoms with E-state index in [1.807, 2.05) is 0 Å². The molecule has 0 aromatic rings. The van der Waals surface area contributed by atoms with E-state index in [1.165, 1.54) is 71.4 Å². The number of phosphoric acid groups is 1. The van der Waals surface area contributed by atoms with Gasteiger partial charge in [-0.15, -0.1) is 0 Å². The number of carbonyl (C=O) groups excluding carboxylic acids is 1. The second-order valence-electron chi connectivity index (χ2n) is 11.3. The van der Waals surface area contributed by atoms with Gasteiger partial charge in [-0.1, -0.05) is 51.9 Å². The number of unbranched alkanes of at least 4 members (excludes halogenated alkanes) is 5. The fourth-order valence-electron chi connectivity index (χ4n) is 5.20. The fraction of sp³-hybridized carbons (Fsp3) is 0.963. The Labute approximate surface area is 252 Å². The monoisotopic (exact) mass is 762 g/mol. The summed E-state index contributed by atoms with van der Waals surface area (Å²) in [6, 6.07) is 0.536. The Balaban J connectivity index is -0.000000707. The van der Waals surface area contributed by atoms with Crippen molar-refractivity contribution in [3.05, 3.63) is 0 Å². The van der Waals surface area contributed by atoms with Crippen molar-refractivity contribution < 1.29 is 59.8 Å². The van der Waals surface area contributed by atoms with E-state index < -0.39 is 19.4 Å². The summed E-state index contributed by atoms with van der Waals surface area (Å²) in [5.74, 6) is -1.37. The third-order valence-electron chi connectivity index (χ3n) is 7.47. The van der Waals surface area contributed by atoms with Crippen LogP contribution in [-0.4, -0.2) is 66.3 Å². The van der Waals surface area contributed by atoms with Crippen molar-refractivity contribution in [3.8, 4) is 0 Å². The summed E-state index contributed by atoms with van der Waals surface area (Å²) in [6.45, 7) is 4.57. The number of nitrogens with two attached hydrogens (primary N) is 2. The second kappa shape index (κ2) is 24.7. The van der Waals surface area contributed by atoms with Gasteiger partial charge in [-0.2, -0.15) is 0 Å². The first-order valence-corrected chi connectivity index (χ1v) is 16.0. The molecule has 0 aromatic heterocycles. The van der Waals surface area contributed by atoms with Gasteiger partial charge in [0, 0.05) is 6.04 Å². The minimum absolute atomic E-state index is 0. The van der Waals surface area contributed by atoms with Crippen LogP contribution < -0.4 is 26.4 Å². The van der Waals surface area contributed by atoms with Crippen LogP contribution in [0.3, 0.4) is 0 Å². The maximum atomic E-state index is 11.4. The molecule has 0 aliphatic heterocycles. The molecule has 12 heteroatoms. The van der Waals surface area contributed by atoms with Gasteiger partial charge in [-0.25, -0.2) is 0 Å². The number of hydrogen-bond acceptors (Lipinski definition) is 8. The van der Waals surface area contributed by atoms with E-state index >= 15 is 0 Å². The molecule has 0 amide bonds. The van der Waals surface area contributed by atoms with E-state index in [2.05, 4.69) is 26.8 Å². The van der Waals surface area contributed by atoms with Crippen LogP contribution in [0.25, 0.3) is 0 Å². The SMILES string of the molecule is CCCCCC[N+](C)(C)CCCCCC(O)(C(=O)[O-])C1CCCC1.CN.NC1CCCCC1.O=P([O-])([O-])O.[Pt+2]. The predicted octanol–water partition coefficient (Wildman–Crippen LogP) is 1.53. The summed E-state index contributed by atoms with van der Waals surface area (Å²) in [7, 11) is 0.921. The fourth-order valence-corrected chi connectivity index (χ4v) is 5.20. The number of carboxylic acid groups (broad SMARTS) is 1. The van der Waals surface area contributed by atoms with Gasteiger partial charge in [-0.3, -0.25) is 0 Å². The quantitative estimate of drug-likeness (QED) is 0.122. The second-order valence-corrected chi connectivity index (χ2v) is 12.3. The molecule has 0 aromatic carbocycles. The molecule has 0 saturated heterocycles. The Hall–Kier alpha value is 0.108. The predicted molar refractivity (Wildman–Crippen MR) is 147 cm³/mol. The van der Waals surface area contributed by atoms with Gasteiger partial charge in [0.2, 0.25) is 0 Å². The molecule has 0 bridgehead atoms. The third-order valence-corrected chi connectivity index (χ3v) is 7.47. The summed E-state index contributed by atoms with van der Waals surface area (Å²) in [5.41, 5.74) is 8.54. The molecule has 0 radical (unpaired) electrons. The summed E-state index contributed by atoms with van der Waals surface area (Å²) in [4.78, 5) is 35.7. The van der Waals surface area contributed by atoms with Gasteiger partial charge in [0.15, 0.2) is 0 Å². The van der Waals surface area contributed by atoms with Gasteiger partial charge in [0.05, 0.1) is 41.0 Å². The number of hydrogen-bond donors (Lipinski definition) is 4. The Kier molecular flexibility index (Phi) is 27.6. The average Bonchev–Trinajstić information content (AvgIpc) is 3.38. The van der Waals surface area contributed by atoms with Crippen LogP contribution in [0, 0.1) is 5.92 Å². The minimum Gasteiger partial charge on any atom is -0.790 e. The maximum Gasteiger partial charge on any atom is 2.00 e. The first kappa shape index (κ1) is 43.6. The standard InChI is InChI=1S/C20H39NO3.C6H13N.CH5N.H3O4P.Pt/c1-4-5-6-11-16-21(2,3)17-12-7-10-15-20(24,19(22)23)18-13-8-9-14-18;7-6-4-2-1-3-5-6;1-2;1-5(2,3)4;/h18,24H,4-17H2,1-3H3;6H,1-5,7H2;2H2,1H3;(H3,1,2,3,4);/q;;;;+2/p-2. The summed E-state index contributed by atoms with van der Waals surface area (Å²) < 4.78 is 9.70. The van der Waals surface area contributed by atoms with Gasteiger partial charge >= 0.3 is 21.1 Å². The number of aliphatic carboxylic acids is 1. The van der Waals surface area contributed by atoms with Crippen molar-refractivity contribution in [2.45, 2.75) is 128 Å². The van der Waals surface area contributed by atoms with Crippen molar-refractivity contribution >= 4 is 13.8 Å². The zero-order valence-corrected chi connectivity index (χ0v) is 28.1. The topological polar surface area (TPSA) is 196 Å². The van der Waals surface area contributed by atoms with Crippen LogP contribution in [0.5, 0.6) is 0 Å². The van der Waals surface area contributed by atoms with E-state index in [0.29, 0.717) is 12.5 Å². The Bertz CT molecular complexity index is 620. The van der Waals surface area contributed by atoms with Crippen LogP contribution in [0.15, 0.2) is 0 Å². The molecule has 1 unspecified atom stereocenters. The minimum atomic E-state index is -5.14. The molecule has 0 spiro atoms. The van der Waals surface area contributed by atoms with Crippen molar-refractivity contribution in [1.82, 2.24) is 0 Å². The molecule has 2 aliphatic rings. The summed E-state index contributed by atoms with van der Waals surface area (Å²) >= 11 is 0. The molecule has 39 heavy (non-hydrogen) atoms. The van der Waals surface area contributed by atoms with Gasteiger partial charge < -0.3 is 50.2 Å². The molecule has 2 saturated carbocycles. The molecule has 6 N–H and O–H groups in total. The van der Waals surface area contributed by atoms with Crippen LogP contribution in [0.4, 0.5) is 0 Å². The molecular weight excluding hydrogens is 704 g/mol.